The van der Waals surface area contributed by atoms with Crippen molar-refractivity contribution in [1.29, 1.82) is 0 Å². The number of fused-ring (bicyclic) bond motifs is 1. The molecule has 0 spiro atoms. The van der Waals surface area contributed by atoms with Gasteiger partial charge < -0.3 is 4.74 Å². The molecule has 1 aliphatic rings. The fourth-order valence-corrected chi connectivity index (χ4v) is 2.51. The summed E-state index contributed by atoms with van der Waals surface area (Å²) in [5.41, 5.74) is 2.07. The Balaban J connectivity index is 2.19. The summed E-state index contributed by atoms with van der Waals surface area (Å²) in [4.78, 5) is 0. The van der Waals surface area contributed by atoms with Crippen molar-refractivity contribution in [3.63, 3.8) is 0 Å². The Labute approximate surface area is 94.8 Å². The van der Waals surface area contributed by atoms with Gasteiger partial charge in [-0.25, -0.2) is 5.14 Å². The van der Waals surface area contributed by atoms with Gasteiger partial charge in [-0.1, -0.05) is 18.2 Å². The first-order valence-electron chi connectivity index (χ1n) is 4.97. The molecular formula is C10H14N2O3S. The summed E-state index contributed by atoms with van der Waals surface area (Å²) in [5, 5.41) is 4.92. The van der Waals surface area contributed by atoms with Crippen molar-refractivity contribution in [2.45, 2.75) is 19.4 Å². The number of para-hydroxylation sites is 1. The lowest BCUT2D eigenvalue weighted by Crippen LogP contribution is -2.45. The molecule has 0 aromatic heterocycles. The summed E-state index contributed by atoms with van der Waals surface area (Å²) < 4.78 is 29.7. The minimum Gasteiger partial charge on any atom is -0.491 e. The van der Waals surface area contributed by atoms with Gasteiger partial charge in [0.15, 0.2) is 0 Å². The lowest BCUT2D eigenvalue weighted by atomic mass is 10.0. The first-order valence-corrected chi connectivity index (χ1v) is 6.52. The second kappa shape index (κ2) is 4.04. The van der Waals surface area contributed by atoms with E-state index in [4.69, 9.17) is 9.88 Å². The molecular weight excluding hydrogens is 228 g/mol. The lowest BCUT2D eigenvalue weighted by Gasteiger charge is -2.26. The normalized spacial score (nSPS) is 20.0. The van der Waals surface area contributed by atoms with Crippen LogP contribution in [0, 0.1) is 6.92 Å². The first kappa shape index (κ1) is 11.4. The second-order valence-corrected chi connectivity index (χ2v) is 5.26. The van der Waals surface area contributed by atoms with Crippen molar-refractivity contribution in [2.24, 2.45) is 5.14 Å². The molecule has 1 aliphatic heterocycles. The molecule has 0 unspecified atom stereocenters. The van der Waals surface area contributed by atoms with E-state index < -0.39 is 10.2 Å². The molecule has 0 saturated carbocycles. The van der Waals surface area contributed by atoms with E-state index in [9.17, 15) is 8.42 Å². The van der Waals surface area contributed by atoms with Gasteiger partial charge in [0.05, 0.1) is 6.04 Å². The number of nitrogens with two attached hydrogens (primary N) is 1. The van der Waals surface area contributed by atoms with Gasteiger partial charge in [0.2, 0.25) is 0 Å². The third-order valence-corrected chi connectivity index (χ3v) is 3.18. The Morgan fingerprint density at radius 3 is 2.94 bits per heavy atom. The molecule has 1 atom stereocenters. The molecule has 0 aliphatic carbocycles. The van der Waals surface area contributed by atoms with Crippen molar-refractivity contribution in [1.82, 2.24) is 4.72 Å². The smallest absolute Gasteiger partial charge is 0.274 e. The molecule has 1 aromatic carbocycles. The SMILES string of the molecule is Cc1cccc2c1OC[C@H](NS(N)(=O)=O)C2. The van der Waals surface area contributed by atoms with Gasteiger partial charge in [0.1, 0.15) is 12.4 Å². The van der Waals surface area contributed by atoms with Crippen molar-refractivity contribution >= 4 is 10.2 Å². The number of hydrogen-bond donors (Lipinski definition) is 2. The summed E-state index contributed by atoms with van der Waals surface area (Å²) in [7, 11) is -3.67. The van der Waals surface area contributed by atoms with Crippen molar-refractivity contribution < 1.29 is 13.2 Å². The van der Waals surface area contributed by atoms with Crippen LogP contribution in [0.2, 0.25) is 0 Å². The van der Waals surface area contributed by atoms with Gasteiger partial charge in [-0.15, -0.1) is 0 Å². The van der Waals surface area contributed by atoms with E-state index in [1.165, 1.54) is 0 Å². The molecule has 0 bridgehead atoms. The maximum atomic E-state index is 10.9. The van der Waals surface area contributed by atoms with E-state index in [-0.39, 0.29) is 6.04 Å². The molecule has 6 heteroatoms. The Morgan fingerprint density at radius 1 is 1.50 bits per heavy atom. The van der Waals surface area contributed by atoms with Gasteiger partial charge in [-0.2, -0.15) is 13.1 Å². The maximum absolute atomic E-state index is 10.9. The van der Waals surface area contributed by atoms with Crippen LogP contribution in [-0.2, 0) is 16.6 Å². The Kier molecular flexibility index (Phi) is 2.88. The molecule has 88 valence electrons. The fraction of sp³-hybridized carbons (Fsp3) is 0.400. The zero-order chi connectivity index (χ0) is 11.8. The van der Waals surface area contributed by atoms with Crippen LogP contribution in [0.5, 0.6) is 5.75 Å². The van der Waals surface area contributed by atoms with Crippen molar-refractivity contribution in [3.8, 4) is 5.75 Å². The molecule has 0 amide bonds. The minimum absolute atomic E-state index is 0.288. The van der Waals surface area contributed by atoms with E-state index in [2.05, 4.69) is 4.72 Å². The van der Waals surface area contributed by atoms with Crippen LogP contribution >= 0.6 is 0 Å². The number of nitrogens with one attached hydrogen (secondary N) is 1. The predicted molar refractivity (Wildman–Crippen MR) is 60.4 cm³/mol. The average Bonchev–Trinajstić information content (AvgIpc) is 2.15. The van der Waals surface area contributed by atoms with Gasteiger partial charge in [-0.05, 0) is 24.5 Å². The van der Waals surface area contributed by atoms with E-state index in [1.54, 1.807) is 0 Å². The predicted octanol–water partition coefficient (Wildman–Crippen LogP) is 0.0916. The Bertz CT molecular complexity index is 499. The summed E-state index contributed by atoms with van der Waals surface area (Å²) in [6, 6.07) is 5.53. The molecule has 0 radical (unpaired) electrons. The van der Waals surface area contributed by atoms with Crippen molar-refractivity contribution in [2.75, 3.05) is 6.61 Å². The van der Waals surface area contributed by atoms with E-state index in [0.29, 0.717) is 13.0 Å². The Hall–Kier alpha value is -1.11. The molecule has 2 rings (SSSR count). The highest BCUT2D eigenvalue weighted by Gasteiger charge is 2.23. The number of benzene rings is 1. The van der Waals surface area contributed by atoms with Crippen LogP contribution in [0.25, 0.3) is 0 Å². The standard InChI is InChI=1S/C10H14N2O3S/c1-7-3-2-4-8-5-9(6-15-10(7)8)12-16(11,13)14/h2-4,9,12H,5-6H2,1H3,(H2,11,13,14)/t9-/m1/s1. The fourth-order valence-electron chi connectivity index (χ4n) is 1.90. The maximum Gasteiger partial charge on any atom is 0.274 e. The lowest BCUT2D eigenvalue weighted by molar-refractivity contribution is 0.252. The van der Waals surface area contributed by atoms with Crippen LogP contribution in [0.4, 0.5) is 0 Å². The molecule has 1 heterocycles. The van der Waals surface area contributed by atoms with E-state index >= 15 is 0 Å². The highest BCUT2D eigenvalue weighted by Crippen LogP contribution is 2.28. The van der Waals surface area contributed by atoms with Gasteiger partial charge in [0.25, 0.3) is 10.2 Å². The summed E-state index contributed by atoms with van der Waals surface area (Å²) in [6.45, 7) is 2.28. The number of rotatable bonds is 2. The average molecular weight is 242 g/mol. The molecule has 0 saturated heterocycles. The number of aryl methyl sites for hydroxylation is 1. The van der Waals surface area contributed by atoms with Crippen LogP contribution < -0.4 is 14.6 Å². The molecule has 1 aromatic rings. The molecule has 16 heavy (non-hydrogen) atoms. The molecule has 5 nitrogen and oxygen atoms in total. The largest absolute Gasteiger partial charge is 0.491 e. The second-order valence-electron chi connectivity index (χ2n) is 3.94. The van der Waals surface area contributed by atoms with Gasteiger partial charge >= 0.3 is 0 Å². The number of hydrogen-bond acceptors (Lipinski definition) is 3. The highest BCUT2D eigenvalue weighted by atomic mass is 32.2. The van der Waals surface area contributed by atoms with Crippen LogP contribution in [0.1, 0.15) is 11.1 Å². The van der Waals surface area contributed by atoms with Crippen LogP contribution in [0.15, 0.2) is 18.2 Å². The minimum atomic E-state index is -3.67. The summed E-state index contributed by atoms with van der Waals surface area (Å²) in [6.07, 6.45) is 0.605. The topological polar surface area (TPSA) is 81.4 Å². The van der Waals surface area contributed by atoms with E-state index in [1.807, 2.05) is 25.1 Å². The zero-order valence-corrected chi connectivity index (χ0v) is 9.75. The molecule has 3 N–H and O–H groups in total. The third-order valence-electron chi connectivity index (χ3n) is 2.52. The Morgan fingerprint density at radius 2 is 2.25 bits per heavy atom. The number of ether oxygens (including phenoxy) is 1. The van der Waals surface area contributed by atoms with Gasteiger partial charge in [-0.3, -0.25) is 0 Å². The monoisotopic (exact) mass is 242 g/mol. The summed E-state index contributed by atoms with van der Waals surface area (Å²) >= 11 is 0. The quantitative estimate of drug-likeness (QED) is 0.771. The van der Waals surface area contributed by atoms with Gasteiger partial charge in [0, 0.05) is 0 Å². The third kappa shape index (κ3) is 2.52. The first-order chi connectivity index (χ1) is 7.46. The molecule has 0 fully saturated rings. The zero-order valence-electron chi connectivity index (χ0n) is 8.93. The van der Waals surface area contributed by atoms with E-state index in [0.717, 1.165) is 16.9 Å². The van der Waals surface area contributed by atoms with Crippen molar-refractivity contribution in [3.05, 3.63) is 29.3 Å². The highest BCUT2D eigenvalue weighted by molar-refractivity contribution is 7.87. The summed E-state index contributed by atoms with van der Waals surface area (Å²) in [5.74, 6) is 0.856. The van der Waals surface area contributed by atoms with Crippen LogP contribution in [0.3, 0.4) is 0 Å². The van der Waals surface area contributed by atoms with Crippen LogP contribution in [-0.4, -0.2) is 21.1 Å².